The average molecular weight is 511 g/mol. The number of Topliss-reactive ketones (excluding diaryl/α,β-unsaturated/α-hetero) is 2. The Morgan fingerprint density at radius 3 is 2.35 bits per heavy atom. The van der Waals surface area contributed by atoms with Crippen molar-refractivity contribution in [2.45, 2.75) is 100 Å². The number of benzene rings is 1. The average Bonchev–Trinajstić information content (AvgIpc) is 3.22. The summed E-state index contributed by atoms with van der Waals surface area (Å²) < 4.78 is 13.0. The Balaban J connectivity index is 1.75. The Labute approximate surface area is 209 Å². The lowest BCUT2D eigenvalue weighted by Gasteiger charge is -2.58. The Bertz CT molecular complexity index is 1120. The van der Waals surface area contributed by atoms with Crippen molar-refractivity contribution < 1.29 is 29.3 Å². The van der Waals surface area contributed by atoms with Gasteiger partial charge in [0, 0.05) is 11.1 Å². The minimum Gasteiger partial charge on any atom is -0.508 e. The lowest BCUT2D eigenvalue weighted by atomic mass is 9.55. The molecule has 2 bridgehead atoms. The normalized spacial score (nSPS) is 41.9. The van der Waals surface area contributed by atoms with Gasteiger partial charge in [-0.1, -0.05) is 13.8 Å². The largest absolute Gasteiger partial charge is 0.508 e. The van der Waals surface area contributed by atoms with Gasteiger partial charge in [0.1, 0.15) is 16.4 Å². The maximum absolute atomic E-state index is 14.4. The molecule has 4 aliphatic rings. The third-order valence-corrected chi connectivity index (χ3v) is 10.6. The molecule has 6 atom stereocenters. The summed E-state index contributed by atoms with van der Waals surface area (Å²) in [5.74, 6) is -1.94. The summed E-state index contributed by atoms with van der Waals surface area (Å²) in [5.41, 5.74) is -3.57. The molecule has 3 aliphatic heterocycles. The van der Waals surface area contributed by atoms with Crippen molar-refractivity contribution in [3.05, 3.63) is 22.8 Å². The van der Waals surface area contributed by atoms with E-state index in [0.29, 0.717) is 0 Å². The zero-order chi connectivity index (χ0) is 25.2. The van der Waals surface area contributed by atoms with E-state index in [0.717, 1.165) is 12.8 Å². The SMILES string of the molecule is Cc1c(O)cc2c(c1O)C(=O)[C@@]1(Cl)C[C@@H](Cl)C(C)(C)O[C@@]1(C[C@H]1C(C)(C)[C@H]3CC[C@]1(C)O3)C2=O. The number of ketones is 2. The highest BCUT2D eigenvalue weighted by atomic mass is 35.5. The van der Waals surface area contributed by atoms with Gasteiger partial charge in [-0.25, -0.2) is 0 Å². The van der Waals surface area contributed by atoms with E-state index < -0.39 is 44.4 Å². The van der Waals surface area contributed by atoms with Crippen LogP contribution >= 0.6 is 23.2 Å². The van der Waals surface area contributed by atoms with Crippen LogP contribution in [-0.4, -0.2) is 54.9 Å². The molecule has 186 valence electrons. The second-order valence-electron chi connectivity index (χ2n) is 12.0. The van der Waals surface area contributed by atoms with Gasteiger partial charge in [-0.2, -0.15) is 0 Å². The lowest BCUT2D eigenvalue weighted by Crippen LogP contribution is -2.73. The van der Waals surface area contributed by atoms with Crippen LogP contribution in [0.3, 0.4) is 0 Å². The Hall–Kier alpha value is -1.34. The molecule has 1 aromatic rings. The number of halogens is 2. The first-order valence-electron chi connectivity index (χ1n) is 11.9. The summed E-state index contributed by atoms with van der Waals surface area (Å²) in [4.78, 5) is 26.6. The molecule has 34 heavy (non-hydrogen) atoms. The molecule has 0 radical (unpaired) electrons. The Morgan fingerprint density at radius 1 is 1.12 bits per heavy atom. The van der Waals surface area contributed by atoms with Crippen molar-refractivity contribution in [1.29, 1.82) is 0 Å². The van der Waals surface area contributed by atoms with E-state index in [4.69, 9.17) is 32.7 Å². The maximum atomic E-state index is 14.4. The number of ether oxygens (including phenoxy) is 2. The minimum atomic E-state index is -1.81. The van der Waals surface area contributed by atoms with Crippen LogP contribution in [0, 0.1) is 18.3 Å². The van der Waals surface area contributed by atoms with Crippen LogP contribution < -0.4 is 0 Å². The molecule has 6 nitrogen and oxygen atoms in total. The third kappa shape index (κ3) is 2.77. The molecule has 3 heterocycles. The highest BCUT2D eigenvalue weighted by molar-refractivity contribution is 6.45. The molecule has 0 amide bonds. The summed E-state index contributed by atoms with van der Waals surface area (Å²) >= 11 is 13.9. The number of hydrogen-bond acceptors (Lipinski definition) is 6. The fourth-order valence-electron chi connectivity index (χ4n) is 7.05. The molecule has 1 aliphatic carbocycles. The first-order valence-corrected chi connectivity index (χ1v) is 12.7. The molecular weight excluding hydrogens is 479 g/mol. The van der Waals surface area contributed by atoms with E-state index in [1.807, 2.05) is 0 Å². The topological polar surface area (TPSA) is 93.1 Å². The number of aromatic hydroxyl groups is 2. The number of hydrogen-bond donors (Lipinski definition) is 2. The minimum absolute atomic E-state index is 0.000632. The van der Waals surface area contributed by atoms with Crippen LogP contribution in [0.25, 0.3) is 0 Å². The van der Waals surface area contributed by atoms with Gasteiger partial charge in [0.15, 0.2) is 17.2 Å². The zero-order valence-electron chi connectivity index (χ0n) is 20.4. The van der Waals surface area contributed by atoms with Gasteiger partial charge < -0.3 is 19.7 Å². The highest BCUT2D eigenvalue weighted by Crippen LogP contribution is 2.64. The van der Waals surface area contributed by atoms with Crippen LogP contribution in [0.2, 0.25) is 0 Å². The van der Waals surface area contributed by atoms with E-state index >= 15 is 0 Å². The third-order valence-electron chi connectivity index (χ3n) is 9.29. The van der Waals surface area contributed by atoms with Crippen molar-refractivity contribution >= 4 is 34.8 Å². The molecule has 2 N–H and O–H groups in total. The van der Waals surface area contributed by atoms with Gasteiger partial charge in [0.25, 0.3) is 0 Å². The van der Waals surface area contributed by atoms with Crippen LogP contribution in [0.1, 0.15) is 86.6 Å². The Morgan fingerprint density at radius 2 is 1.76 bits per heavy atom. The van der Waals surface area contributed by atoms with Gasteiger partial charge in [0.2, 0.25) is 0 Å². The second kappa shape index (κ2) is 6.90. The summed E-state index contributed by atoms with van der Waals surface area (Å²) in [6, 6.07) is 1.25. The van der Waals surface area contributed by atoms with E-state index in [1.54, 1.807) is 13.8 Å². The number of phenols is 2. The zero-order valence-corrected chi connectivity index (χ0v) is 21.9. The molecule has 0 aromatic heterocycles. The van der Waals surface area contributed by atoms with E-state index in [-0.39, 0.29) is 52.7 Å². The number of carbonyl (C=O) groups is 2. The molecular formula is C26H32Cl2O6. The second-order valence-corrected chi connectivity index (χ2v) is 13.2. The summed E-state index contributed by atoms with van der Waals surface area (Å²) in [5, 5.41) is 20.5. The van der Waals surface area contributed by atoms with Gasteiger partial charge in [-0.05, 0) is 70.8 Å². The predicted molar refractivity (Wildman–Crippen MR) is 128 cm³/mol. The van der Waals surface area contributed by atoms with E-state index in [1.165, 1.54) is 13.0 Å². The number of carbonyl (C=O) groups excluding carboxylic acids is 2. The standard InChI is InChI=1S/C26H32Cl2O6/c1-12-14(29)9-13-18(19(12)30)21(32)25(28)11-16(27)23(4,5)34-26(25,20(13)31)10-15-22(2,3)17-7-8-24(15,6)33-17/h9,15-17,29-30H,7-8,10-11H2,1-6H3/t15-,16+,17+,24-,25-,26-/m0/s1. The summed E-state index contributed by atoms with van der Waals surface area (Å²) in [7, 11) is 0. The fraction of sp³-hybridized carbons (Fsp3) is 0.692. The molecule has 0 saturated carbocycles. The summed E-state index contributed by atoms with van der Waals surface area (Å²) in [6.07, 6.45) is 1.99. The predicted octanol–water partition coefficient (Wildman–Crippen LogP) is 5.29. The van der Waals surface area contributed by atoms with Gasteiger partial charge in [-0.3, -0.25) is 9.59 Å². The number of rotatable bonds is 2. The first-order chi connectivity index (χ1) is 15.5. The van der Waals surface area contributed by atoms with E-state index in [9.17, 15) is 19.8 Å². The highest BCUT2D eigenvalue weighted by Gasteiger charge is 2.73. The van der Waals surface area contributed by atoms with Gasteiger partial charge in [-0.15, -0.1) is 23.2 Å². The number of alkyl halides is 2. The Kier molecular flexibility index (Phi) is 4.95. The lowest BCUT2D eigenvalue weighted by molar-refractivity contribution is -0.174. The van der Waals surface area contributed by atoms with Gasteiger partial charge >= 0.3 is 0 Å². The number of phenolic OH excluding ortho intramolecular Hbond substituents is 2. The van der Waals surface area contributed by atoms with Crippen molar-refractivity contribution in [2.75, 3.05) is 0 Å². The van der Waals surface area contributed by atoms with Crippen molar-refractivity contribution in [3.63, 3.8) is 0 Å². The molecule has 3 fully saturated rings. The molecule has 0 unspecified atom stereocenters. The molecule has 8 heteroatoms. The summed E-state index contributed by atoms with van der Waals surface area (Å²) in [6.45, 7) is 11.4. The molecule has 0 spiro atoms. The molecule has 5 rings (SSSR count). The van der Waals surface area contributed by atoms with Crippen LogP contribution in [0.4, 0.5) is 0 Å². The quantitative estimate of drug-likeness (QED) is 0.524. The fourth-order valence-corrected chi connectivity index (χ4v) is 7.85. The smallest absolute Gasteiger partial charge is 0.197 e. The number of fused-ring (bicyclic) bond motifs is 4. The van der Waals surface area contributed by atoms with E-state index in [2.05, 4.69) is 20.8 Å². The van der Waals surface area contributed by atoms with Crippen molar-refractivity contribution in [2.24, 2.45) is 11.3 Å². The van der Waals surface area contributed by atoms with Crippen LogP contribution in [0.15, 0.2) is 6.07 Å². The van der Waals surface area contributed by atoms with Crippen LogP contribution in [-0.2, 0) is 9.47 Å². The maximum Gasteiger partial charge on any atom is 0.197 e. The monoisotopic (exact) mass is 510 g/mol. The first kappa shape index (κ1) is 24.4. The molecule has 1 aromatic carbocycles. The van der Waals surface area contributed by atoms with Crippen LogP contribution in [0.5, 0.6) is 11.5 Å². The van der Waals surface area contributed by atoms with Crippen molar-refractivity contribution in [1.82, 2.24) is 0 Å². The van der Waals surface area contributed by atoms with Gasteiger partial charge in [0.05, 0.1) is 28.2 Å². The van der Waals surface area contributed by atoms with Crippen molar-refractivity contribution in [3.8, 4) is 11.5 Å². The molecule has 3 saturated heterocycles.